The van der Waals surface area contributed by atoms with Gasteiger partial charge in [0.1, 0.15) is 5.82 Å². The molecule has 1 aromatic rings. The van der Waals surface area contributed by atoms with Crippen molar-refractivity contribution >= 4 is 17.6 Å². The third-order valence-corrected chi connectivity index (χ3v) is 3.01. The molecule has 19 heavy (non-hydrogen) atoms. The first-order valence-corrected chi connectivity index (χ1v) is 6.25. The predicted octanol–water partition coefficient (Wildman–Crippen LogP) is 2.41. The van der Waals surface area contributed by atoms with Crippen molar-refractivity contribution in [1.82, 2.24) is 0 Å². The number of carbonyl (C=O) groups is 2. The molecular weight excluding hydrogens is 249 g/mol. The number of halogens is 1. The van der Waals surface area contributed by atoms with Gasteiger partial charge in [0.25, 0.3) is 5.91 Å². The zero-order chi connectivity index (χ0) is 14.0. The number of benzene rings is 1. The predicted molar refractivity (Wildman–Crippen MR) is 68.0 cm³/mol. The minimum absolute atomic E-state index is 0.0490. The van der Waals surface area contributed by atoms with Crippen LogP contribution in [0.2, 0.25) is 0 Å². The lowest BCUT2D eigenvalue weighted by Gasteiger charge is -2.13. The number of esters is 1. The highest BCUT2D eigenvalue weighted by Gasteiger charge is 2.33. The summed E-state index contributed by atoms with van der Waals surface area (Å²) in [6.45, 7) is 3.14. The molecule has 1 amide bonds. The highest BCUT2D eigenvalue weighted by Crippen LogP contribution is 2.30. The van der Waals surface area contributed by atoms with Crippen LogP contribution in [0.5, 0.6) is 0 Å². The smallest absolute Gasteiger partial charge is 0.309 e. The van der Waals surface area contributed by atoms with Gasteiger partial charge >= 0.3 is 5.97 Å². The molecule has 1 N–H and O–H groups in total. The van der Waals surface area contributed by atoms with Crippen molar-refractivity contribution in [2.24, 2.45) is 5.92 Å². The molecule has 4 nitrogen and oxygen atoms in total. The summed E-state index contributed by atoms with van der Waals surface area (Å²) in [7, 11) is 0. The van der Waals surface area contributed by atoms with Crippen LogP contribution in [0.3, 0.4) is 0 Å². The van der Waals surface area contributed by atoms with E-state index in [0.717, 1.165) is 12.8 Å². The first kappa shape index (κ1) is 13.5. The molecule has 0 radical (unpaired) electrons. The van der Waals surface area contributed by atoms with Gasteiger partial charge in [-0.05, 0) is 44.4 Å². The number of amides is 1. The molecule has 0 heterocycles. The lowest BCUT2D eigenvalue weighted by atomic mass is 10.2. The molecule has 5 heteroatoms. The van der Waals surface area contributed by atoms with Gasteiger partial charge in [-0.1, -0.05) is 6.07 Å². The molecule has 102 valence electrons. The Morgan fingerprint density at radius 2 is 2.11 bits per heavy atom. The number of hydrogen-bond acceptors (Lipinski definition) is 3. The summed E-state index contributed by atoms with van der Waals surface area (Å²) >= 11 is 0. The summed E-state index contributed by atoms with van der Waals surface area (Å²) in [6, 6.07) is 4.42. The molecule has 1 aliphatic carbocycles. The quantitative estimate of drug-likeness (QED) is 0.850. The molecule has 2 rings (SSSR count). The van der Waals surface area contributed by atoms with Gasteiger partial charge in [-0.25, -0.2) is 4.39 Å². The van der Waals surface area contributed by atoms with Crippen molar-refractivity contribution in [2.45, 2.75) is 32.8 Å². The lowest BCUT2D eigenvalue weighted by Crippen LogP contribution is -2.30. The average molecular weight is 265 g/mol. The van der Waals surface area contributed by atoms with Gasteiger partial charge in [0.2, 0.25) is 0 Å². The largest absolute Gasteiger partial charge is 0.452 e. The lowest BCUT2D eigenvalue weighted by molar-refractivity contribution is -0.154. The Kier molecular flexibility index (Phi) is 3.83. The molecule has 0 spiro atoms. The van der Waals surface area contributed by atoms with Crippen LogP contribution in [-0.2, 0) is 14.3 Å². The average Bonchev–Trinajstić information content (AvgIpc) is 3.17. The number of aryl methyl sites for hydroxylation is 1. The minimum atomic E-state index is -0.877. The van der Waals surface area contributed by atoms with Gasteiger partial charge in [0.15, 0.2) is 6.10 Å². The summed E-state index contributed by atoms with van der Waals surface area (Å²) < 4.78 is 18.3. The van der Waals surface area contributed by atoms with E-state index in [1.807, 2.05) is 0 Å². The van der Waals surface area contributed by atoms with Crippen LogP contribution in [0.4, 0.5) is 10.1 Å². The summed E-state index contributed by atoms with van der Waals surface area (Å²) in [5.74, 6) is -1.23. The van der Waals surface area contributed by atoms with Crippen LogP contribution in [-0.4, -0.2) is 18.0 Å². The Morgan fingerprint density at radius 1 is 1.42 bits per heavy atom. The van der Waals surface area contributed by atoms with Gasteiger partial charge in [-0.3, -0.25) is 9.59 Å². The first-order valence-electron chi connectivity index (χ1n) is 6.25. The van der Waals surface area contributed by atoms with E-state index in [9.17, 15) is 14.0 Å². The van der Waals surface area contributed by atoms with Gasteiger partial charge < -0.3 is 10.1 Å². The number of anilines is 1. The number of rotatable bonds is 4. The number of hydrogen-bond donors (Lipinski definition) is 1. The van der Waals surface area contributed by atoms with Crippen molar-refractivity contribution in [1.29, 1.82) is 0 Å². The number of nitrogens with one attached hydrogen (secondary N) is 1. The van der Waals surface area contributed by atoms with E-state index in [-0.39, 0.29) is 17.7 Å². The van der Waals surface area contributed by atoms with Crippen LogP contribution in [0.25, 0.3) is 0 Å². The molecule has 1 saturated carbocycles. The third kappa shape index (κ3) is 3.53. The Labute approximate surface area is 110 Å². The van der Waals surface area contributed by atoms with Crippen molar-refractivity contribution in [3.63, 3.8) is 0 Å². The summed E-state index contributed by atoms with van der Waals surface area (Å²) in [5, 5.41) is 2.52. The van der Waals surface area contributed by atoms with Crippen molar-refractivity contribution in [3.05, 3.63) is 29.6 Å². The van der Waals surface area contributed by atoms with Crippen LogP contribution in [0.15, 0.2) is 18.2 Å². The highest BCUT2D eigenvalue weighted by atomic mass is 19.1. The SMILES string of the molecule is Cc1ccc(NC(=O)[C@@H](C)OC(=O)C2CC2)cc1F. The summed E-state index contributed by atoms with van der Waals surface area (Å²) in [5.41, 5.74) is 0.855. The Morgan fingerprint density at radius 3 is 2.68 bits per heavy atom. The van der Waals surface area contributed by atoms with E-state index in [2.05, 4.69) is 5.32 Å². The van der Waals surface area contributed by atoms with Crippen LogP contribution < -0.4 is 5.32 Å². The first-order chi connectivity index (χ1) is 8.97. The number of ether oxygens (including phenoxy) is 1. The molecule has 1 atom stereocenters. The maximum Gasteiger partial charge on any atom is 0.309 e. The van der Waals surface area contributed by atoms with E-state index in [0.29, 0.717) is 11.3 Å². The second-order valence-corrected chi connectivity index (χ2v) is 4.81. The molecule has 0 bridgehead atoms. The molecular formula is C14H16FNO3. The third-order valence-electron chi connectivity index (χ3n) is 3.01. The van der Waals surface area contributed by atoms with E-state index < -0.39 is 12.0 Å². The van der Waals surface area contributed by atoms with E-state index in [1.165, 1.54) is 13.0 Å². The molecule has 0 aliphatic heterocycles. The number of carbonyl (C=O) groups excluding carboxylic acids is 2. The summed E-state index contributed by atoms with van der Waals surface area (Å²) in [4.78, 5) is 23.2. The standard InChI is InChI=1S/C14H16FNO3/c1-8-3-6-11(7-12(8)15)16-13(17)9(2)19-14(18)10-4-5-10/h3,6-7,9-10H,4-5H2,1-2H3,(H,16,17)/t9-/m1/s1. The maximum atomic E-state index is 13.3. The molecule has 1 aliphatic rings. The topological polar surface area (TPSA) is 55.4 Å². The molecule has 0 aromatic heterocycles. The van der Waals surface area contributed by atoms with Crippen molar-refractivity contribution in [3.8, 4) is 0 Å². The molecule has 1 aromatic carbocycles. The van der Waals surface area contributed by atoms with Gasteiger partial charge in [0.05, 0.1) is 5.92 Å². The highest BCUT2D eigenvalue weighted by molar-refractivity contribution is 5.95. The van der Waals surface area contributed by atoms with Gasteiger partial charge in [-0.2, -0.15) is 0 Å². The van der Waals surface area contributed by atoms with Crippen LogP contribution >= 0.6 is 0 Å². The normalized spacial score (nSPS) is 15.7. The van der Waals surface area contributed by atoms with Gasteiger partial charge in [0, 0.05) is 5.69 Å². The second kappa shape index (κ2) is 5.38. The second-order valence-electron chi connectivity index (χ2n) is 4.81. The zero-order valence-electron chi connectivity index (χ0n) is 10.9. The fourth-order valence-electron chi connectivity index (χ4n) is 1.56. The fourth-order valence-corrected chi connectivity index (χ4v) is 1.56. The monoisotopic (exact) mass is 265 g/mol. The van der Waals surface area contributed by atoms with Crippen LogP contribution in [0.1, 0.15) is 25.3 Å². The Bertz CT molecular complexity index is 511. The van der Waals surface area contributed by atoms with E-state index in [4.69, 9.17) is 4.74 Å². The van der Waals surface area contributed by atoms with Crippen LogP contribution in [0, 0.1) is 18.7 Å². The Balaban J connectivity index is 1.91. The molecule has 1 fully saturated rings. The zero-order valence-corrected chi connectivity index (χ0v) is 10.9. The fraction of sp³-hybridized carbons (Fsp3) is 0.429. The molecule has 0 saturated heterocycles. The van der Waals surface area contributed by atoms with E-state index >= 15 is 0 Å². The summed E-state index contributed by atoms with van der Waals surface area (Å²) in [6.07, 6.45) is 0.782. The minimum Gasteiger partial charge on any atom is -0.452 e. The van der Waals surface area contributed by atoms with Crippen molar-refractivity contribution in [2.75, 3.05) is 5.32 Å². The van der Waals surface area contributed by atoms with Gasteiger partial charge in [-0.15, -0.1) is 0 Å². The Hall–Kier alpha value is -1.91. The maximum absolute atomic E-state index is 13.3. The van der Waals surface area contributed by atoms with E-state index in [1.54, 1.807) is 19.1 Å². The van der Waals surface area contributed by atoms with Crippen molar-refractivity contribution < 1.29 is 18.7 Å². The molecule has 0 unspecified atom stereocenters.